The highest BCUT2D eigenvalue weighted by molar-refractivity contribution is 5.40. The Hall–Kier alpha value is -1.02. The van der Waals surface area contributed by atoms with Gasteiger partial charge in [0.15, 0.2) is 0 Å². The van der Waals surface area contributed by atoms with Crippen LogP contribution in [0.2, 0.25) is 0 Å². The van der Waals surface area contributed by atoms with Gasteiger partial charge in [0.1, 0.15) is 5.75 Å². The second kappa shape index (κ2) is 3.53. The Morgan fingerprint density at radius 2 is 2.27 bits per heavy atom. The van der Waals surface area contributed by atoms with Gasteiger partial charge in [0.2, 0.25) is 0 Å². The van der Waals surface area contributed by atoms with Gasteiger partial charge in [-0.1, -0.05) is 25.0 Å². The average Bonchev–Trinajstić information content (AvgIpc) is 2.94. The fourth-order valence-electron chi connectivity index (χ4n) is 2.29. The monoisotopic (exact) mass is 203 g/mol. The minimum absolute atomic E-state index is 0.225. The summed E-state index contributed by atoms with van der Waals surface area (Å²) >= 11 is 0. The molecule has 0 unspecified atom stereocenters. The van der Waals surface area contributed by atoms with E-state index < -0.39 is 0 Å². The summed E-state index contributed by atoms with van der Waals surface area (Å²) in [4.78, 5) is 0. The zero-order valence-electron chi connectivity index (χ0n) is 8.91. The summed E-state index contributed by atoms with van der Waals surface area (Å²) in [6.07, 6.45) is 4.95. The topological polar surface area (TPSA) is 35.2 Å². The molecule has 0 aromatic heterocycles. The predicted molar refractivity (Wildman–Crippen MR) is 59.9 cm³/mol. The molecule has 0 amide bonds. The lowest BCUT2D eigenvalue weighted by Gasteiger charge is -2.12. The summed E-state index contributed by atoms with van der Waals surface area (Å²) in [5.41, 5.74) is 8.80. The maximum atomic E-state index is 6.19. The van der Waals surface area contributed by atoms with Crippen molar-refractivity contribution in [2.45, 2.75) is 31.7 Å². The van der Waals surface area contributed by atoms with Gasteiger partial charge in [-0.25, -0.2) is 0 Å². The Morgan fingerprint density at radius 1 is 1.40 bits per heavy atom. The molecule has 2 heteroatoms. The number of benzene rings is 1. The van der Waals surface area contributed by atoms with E-state index in [1.54, 1.807) is 0 Å². The second-order valence-electron chi connectivity index (χ2n) is 4.75. The molecule has 0 spiro atoms. The van der Waals surface area contributed by atoms with E-state index in [0.717, 1.165) is 31.1 Å². The summed E-state index contributed by atoms with van der Waals surface area (Å²) in [6, 6.07) is 6.65. The molecule has 1 aliphatic carbocycles. The van der Waals surface area contributed by atoms with Crippen LogP contribution in [0.1, 0.15) is 36.4 Å². The zero-order valence-corrected chi connectivity index (χ0v) is 8.91. The van der Waals surface area contributed by atoms with E-state index in [1.165, 1.54) is 24.0 Å². The van der Waals surface area contributed by atoms with Gasteiger partial charge in [-0.3, -0.25) is 0 Å². The Kier molecular flexibility index (Phi) is 2.17. The van der Waals surface area contributed by atoms with Crippen molar-refractivity contribution in [3.05, 3.63) is 29.3 Å². The van der Waals surface area contributed by atoms with Gasteiger partial charge < -0.3 is 10.5 Å². The van der Waals surface area contributed by atoms with Gasteiger partial charge in [-0.15, -0.1) is 0 Å². The third-order valence-electron chi connectivity index (χ3n) is 3.43. The molecule has 0 radical (unpaired) electrons. The van der Waals surface area contributed by atoms with Crippen LogP contribution in [-0.2, 0) is 6.42 Å². The molecule has 1 aromatic rings. The van der Waals surface area contributed by atoms with Gasteiger partial charge in [-0.05, 0) is 29.5 Å². The Balaban J connectivity index is 1.78. The normalized spacial score (nSPS) is 20.9. The molecule has 15 heavy (non-hydrogen) atoms. The van der Waals surface area contributed by atoms with Crippen molar-refractivity contribution in [3.8, 4) is 5.75 Å². The number of rotatable bonds is 3. The molecular weight excluding hydrogens is 186 g/mol. The van der Waals surface area contributed by atoms with Crippen LogP contribution in [-0.4, -0.2) is 6.61 Å². The molecule has 1 fully saturated rings. The standard InChI is InChI=1S/C13H17NO/c14-12(7-9-1-2-9)10-3-4-13-11(8-10)5-6-15-13/h3-4,8-9,12H,1-2,5-7,14H2/t12-/m0/s1. The Morgan fingerprint density at radius 3 is 3.07 bits per heavy atom. The number of ether oxygens (including phenoxy) is 1. The van der Waals surface area contributed by atoms with Gasteiger partial charge >= 0.3 is 0 Å². The smallest absolute Gasteiger partial charge is 0.122 e. The minimum Gasteiger partial charge on any atom is -0.493 e. The van der Waals surface area contributed by atoms with Crippen LogP contribution in [0, 0.1) is 5.92 Å². The van der Waals surface area contributed by atoms with Crippen molar-refractivity contribution in [3.63, 3.8) is 0 Å². The van der Waals surface area contributed by atoms with E-state index in [4.69, 9.17) is 10.5 Å². The van der Waals surface area contributed by atoms with Crippen LogP contribution < -0.4 is 10.5 Å². The molecule has 0 bridgehead atoms. The number of hydrogen-bond donors (Lipinski definition) is 1. The first kappa shape index (κ1) is 9.22. The molecule has 1 aliphatic heterocycles. The highest BCUT2D eigenvalue weighted by Gasteiger charge is 2.25. The number of hydrogen-bond acceptors (Lipinski definition) is 2. The van der Waals surface area contributed by atoms with Crippen LogP contribution in [0.5, 0.6) is 5.75 Å². The maximum absolute atomic E-state index is 6.19. The maximum Gasteiger partial charge on any atom is 0.122 e. The van der Waals surface area contributed by atoms with E-state index in [1.807, 2.05) is 0 Å². The SMILES string of the molecule is N[C@@H](CC1CC1)c1ccc2c(c1)CCO2. The van der Waals surface area contributed by atoms with Gasteiger partial charge in [0.05, 0.1) is 6.61 Å². The summed E-state index contributed by atoms with van der Waals surface area (Å²) in [5, 5.41) is 0. The van der Waals surface area contributed by atoms with Crippen molar-refractivity contribution in [2.75, 3.05) is 6.61 Å². The fourth-order valence-corrected chi connectivity index (χ4v) is 2.29. The molecule has 80 valence electrons. The average molecular weight is 203 g/mol. The van der Waals surface area contributed by atoms with E-state index in [0.29, 0.717) is 0 Å². The quantitative estimate of drug-likeness (QED) is 0.818. The lowest BCUT2D eigenvalue weighted by molar-refractivity contribution is 0.357. The summed E-state index contributed by atoms with van der Waals surface area (Å²) < 4.78 is 5.49. The third kappa shape index (κ3) is 1.86. The molecular formula is C13H17NO. The summed E-state index contributed by atoms with van der Waals surface area (Å²) in [7, 11) is 0. The molecule has 3 rings (SSSR count). The van der Waals surface area contributed by atoms with Crippen molar-refractivity contribution in [1.82, 2.24) is 0 Å². The largest absolute Gasteiger partial charge is 0.493 e. The Labute approximate surface area is 90.4 Å². The molecule has 2 N–H and O–H groups in total. The first-order valence-electron chi connectivity index (χ1n) is 5.84. The molecule has 1 saturated carbocycles. The molecule has 1 heterocycles. The van der Waals surface area contributed by atoms with E-state index in [2.05, 4.69) is 18.2 Å². The van der Waals surface area contributed by atoms with Crippen molar-refractivity contribution in [2.24, 2.45) is 11.7 Å². The van der Waals surface area contributed by atoms with Crippen molar-refractivity contribution in [1.29, 1.82) is 0 Å². The van der Waals surface area contributed by atoms with Gasteiger partial charge in [-0.2, -0.15) is 0 Å². The van der Waals surface area contributed by atoms with E-state index >= 15 is 0 Å². The van der Waals surface area contributed by atoms with Gasteiger partial charge in [0.25, 0.3) is 0 Å². The third-order valence-corrected chi connectivity index (χ3v) is 3.43. The molecule has 1 atom stereocenters. The molecule has 2 nitrogen and oxygen atoms in total. The van der Waals surface area contributed by atoms with Crippen molar-refractivity contribution < 1.29 is 4.74 Å². The number of nitrogens with two attached hydrogens (primary N) is 1. The van der Waals surface area contributed by atoms with E-state index in [9.17, 15) is 0 Å². The first-order chi connectivity index (χ1) is 7.33. The lowest BCUT2D eigenvalue weighted by Crippen LogP contribution is -2.11. The van der Waals surface area contributed by atoms with Crippen molar-refractivity contribution >= 4 is 0 Å². The number of fused-ring (bicyclic) bond motifs is 1. The second-order valence-corrected chi connectivity index (χ2v) is 4.75. The molecule has 2 aliphatic rings. The summed E-state index contributed by atoms with van der Waals surface area (Å²) in [6.45, 7) is 0.830. The molecule has 0 saturated heterocycles. The lowest BCUT2D eigenvalue weighted by atomic mass is 9.99. The zero-order chi connectivity index (χ0) is 10.3. The first-order valence-corrected chi connectivity index (χ1v) is 5.84. The van der Waals surface area contributed by atoms with Crippen LogP contribution in [0.25, 0.3) is 0 Å². The Bertz CT molecular complexity index is 371. The van der Waals surface area contributed by atoms with Crippen LogP contribution >= 0.6 is 0 Å². The molecule has 1 aromatic carbocycles. The van der Waals surface area contributed by atoms with Crippen LogP contribution in [0.4, 0.5) is 0 Å². The van der Waals surface area contributed by atoms with Crippen LogP contribution in [0.15, 0.2) is 18.2 Å². The van der Waals surface area contributed by atoms with E-state index in [-0.39, 0.29) is 6.04 Å². The van der Waals surface area contributed by atoms with Gasteiger partial charge in [0, 0.05) is 12.5 Å². The van der Waals surface area contributed by atoms with Crippen LogP contribution in [0.3, 0.4) is 0 Å². The highest BCUT2D eigenvalue weighted by atomic mass is 16.5. The summed E-state index contributed by atoms with van der Waals surface area (Å²) in [5.74, 6) is 1.95. The highest BCUT2D eigenvalue weighted by Crippen LogP contribution is 2.37. The fraction of sp³-hybridized carbons (Fsp3) is 0.538. The predicted octanol–water partition coefficient (Wildman–Crippen LogP) is 2.42. The minimum atomic E-state index is 0.225.